The van der Waals surface area contributed by atoms with Gasteiger partial charge in [-0.15, -0.1) is 0 Å². The number of carboxylic acid groups (broad SMARTS) is 1. The van der Waals surface area contributed by atoms with Gasteiger partial charge in [0.1, 0.15) is 6.04 Å². The number of hydrogen-bond donors (Lipinski definition) is 3. The maximum Gasteiger partial charge on any atom is 0.326 e. The van der Waals surface area contributed by atoms with Gasteiger partial charge in [-0.2, -0.15) is 4.98 Å². The van der Waals surface area contributed by atoms with E-state index in [0.29, 0.717) is 25.2 Å². The first-order valence-electron chi connectivity index (χ1n) is 5.90. The molecule has 0 radical (unpaired) electrons. The lowest BCUT2D eigenvalue weighted by Gasteiger charge is -2.21. The molecule has 1 atom stereocenters. The van der Waals surface area contributed by atoms with Crippen LogP contribution in [0.4, 0.5) is 4.79 Å². The number of urea groups is 1. The van der Waals surface area contributed by atoms with Gasteiger partial charge in [0.2, 0.25) is 5.89 Å². The summed E-state index contributed by atoms with van der Waals surface area (Å²) in [7, 11) is 0. The van der Waals surface area contributed by atoms with Gasteiger partial charge in [-0.3, -0.25) is 0 Å². The minimum atomic E-state index is -0.990. The zero-order valence-electron chi connectivity index (χ0n) is 10.2. The highest BCUT2D eigenvalue weighted by molar-refractivity contribution is 5.83. The van der Waals surface area contributed by atoms with Crippen LogP contribution in [0.5, 0.6) is 0 Å². The molecule has 19 heavy (non-hydrogen) atoms. The predicted octanol–water partition coefficient (Wildman–Crippen LogP) is -0.713. The third-order valence-electron chi connectivity index (χ3n) is 2.88. The van der Waals surface area contributed by atoms with Crippen molar-refractivity contribution in [2.75, 3.05) is 6.54 Å². The Kier molecular flexibility index (Phi) is 3.95. The van der Waals surface area contributed by atoms with Crippen molar-refractivity contribution in [2.24, 2.45) is 5.73 Å². The fourth-order valence-electron chi connectivity index (χ4n) is 1.96. The van der Waals surface area contributed by atoms with E-state index < -0.39 is 18.0 Å². The number of nitrogens with one attached hydrogen (secondary N) is 1. The molecule has 2 rings (SSSR count). The normalized spacial score (nSPS) is 18.6. The van der Waals surface area contributed by atoms with Crippen LogP contribution in [0.1, 0.15) is 24.6 Å². The van der Waals surface area contributed by atoms with Gasteiger partial charge < -0.3 is 25.6 Å². The molecule has 0 unspecified atom stereocenters. The van der Waals surface area contributed by atoms with E-state index in [4.69, 9.17) is 15.4 Å². The van der Waals surface area contributed by atoms with Crippen LogP contribution < -0.4 is 11.1 Å². The molecule has 1 aliphatic rings. The Morgan fingerprint density at radius 1 is 1.58 bits per heavy atom. The van der Waals surface area contributed by atoms with Crippen molar-refractivity contribution in [3.8, 4) is 0 Å². The van der Waals surface area contributed by atoms with Crippen molar-refractivity contribution in [3.63, 3.8) is 0 Å². The molecule has 1 aromatic rings. The first-order valence-corrected chi connectivity index (χ1v) is 5.90. The topological polar surface area (TPSA) is 135 Å². The molecule has 0 saturated carbocycles. The molecule has 104 valence electrons. The number of nitrogens with two attached hydrogens (primary N) is 1. The number of carbonyl (C=O) groups excluding carboxylic acids is 1. The Labute approximate surface area is 108 Å². The van der Waals surface area contributed by atoms with Crippen molar-refractivity contribution in [2.45, 2.75) is 32.0 Å². The molecule has 0 bridgehead atoms. The summed E-state index contributed by atoms with van der Waals surface area (Å²) in [6, 6.07) is -1.21. The van der Waals surface area contributed by atoms with Gasteiger partial charge in [-0.25, -0.2) is 9.59 Å². The van der Waals surface area contributed by atoms with E-state index in [1.807, 2.05) is 0 Å². The molecule has 0 aliphatic carbocycles. The summed E-state index contributed by atoms with van der Waals surface area (Å²) in [6.07, 6.45) is 1.16. The SMILES string of the molecule is NCc1noc(CNC(=O)N2CCC[C@@H]2C(=O)O)n1. The maximum absolute atomic E-state index is 11.8. The van der Waals surface area contributed by atoms with Gasteiger partial charge in [-0.05, 0) is 12.8 Å². The highest BCUT2D eigenvalue weighted by Gasteiger charge is 2.33. The number of carbonyl (C=O) groups is 2. The summed E-state index contributed by atoms with van der Waals surface area (Å²) < 4.78 is 4.85. The molecule has 1 saturated heterocycles. The largest absolute Gasteiger partial charge is 0.480 e. The molecular weight excluding hydrogens is 254 g/mol. The van der Waals surface area contributed by atoms with Gasteiger partial charge >= 0.3 is 12.0 Å². The van der Waals surface area contributed by atoms with Crippen LogP contribution >= 0.6 is 0 Å². The first-order chi connectivity index (χ1) is 9.11. The second-order valence-electron chi connectivity index (χ2n) is 4.16. The van der Waals surface area contributed by atoms with E-state index in [-0.39, 0.29) is 19.0 Å². The Morgan fingerprint density at radius 2 is 2.37 bits per heavy atom. The molecule has 1 aliphatic heterocycles. The summed E-state index contributed by atoms with van der Waals surface area (Å²) in [6.45, 7) is 0.639. The van der Waals surface area contributed by atoms with Crippen LogP contribution in [-0.2, 0) is 17.9 Å². The molecule has 9 nitrogen and oxygen atoms in total. The summed E-state index contributed by atoms with van der Waals surface area (Å²) in [5.74, 6) is -0.399. The van der Waals surface area contributed by atoms with E-state index in [1.165, 1.54) is 4.90 Å². The zero-order valence-corrected chi connectivity index (χ0v) is 10.2. The Hall–Kier alpha value is -2.16. The highest BCUT2D eigenvalue weighted by Crippen LogP contribution is 2.17. The van der Waals surface area contributed by atoms with Crippen LogP contribution in [0.2, 0.25) is 0 Å². The fourth-order valence-corrected chi connectivity index (χ4v) is 1.96. The third-order valence-corrected chi connectivity index (χ3v) is 2.88. The molecular formula is C10H15N5O4. The lowest BCUT2D eigenvalue weighted by atomic mass is 10.2. The summed E-state index contributed by atoms with van der Waals surface area (Å²) in [4.78, 5) is 28.0. The molecule has 9 heteroatoms. The average molecular weight is 269 g/mol. The maximum atomic E-state index is 11.8. The molecule has 1 aromatic heterocycles. The van der Waals surface area contributed by atoms with E-state index in [2.05, 4.69) is 15.5 Å². The van der Waals surface area contributed by atoms with E-state index in [0.717, 1.165) is 0 Å². The van der Waals surface area contributed by atoms with Crippen LogP contribution in [0.15, 0.2) is 4.52 Å². The Balaban J connectivity index is 1.88. The first kappa shape index (κ1) is 13.3. The van der Waals surface area contributed by atoms with Crippen LogP contribution in [0, 0.1) is 0 Å². The molecule has 0 spiro atoms. The summed E-state index contributed by atoms with van der Waals surface area (Å²) in [5, 5.41) is 15.1. The number of aromatic nitrogens is 2. The molecule has 2 amide bonds. The number of rotatable bonds is 4. The monoisotopic (exact) mass is 269 g/mol. The smallest absolute Gasteiger partial charge is 0.326 e. The van der Waals surface area contributed by atoms with Crippen molar-refractivity contribution in [1.82, 2.24) is 20.4 Å². The lowest BCUT2D eigenvalue weighted by Crippen LogP contribution is -2.45. The molecule has 0 aromatic carbocycles. The second kappa shape index (κ2) is 5.65. The minimum Gasteiger partial charge on any atom is -0.480 e. The van der Waals surface area contributed by atoms with Crippen molar-refractivity contribution >= 4 is 12.0 Å². The summed E-state index contributed by atoms with van der Waals surface area (Å²) in [5.41, 5.74) is 5.32. The predicted molar refractivity (Wildman–Crippen MR) is 61.8 cm³/mol. The lowest BCUT2D eigenvalue weighted by molar-refractivity contribution is -0.141. The van der Waals surface area contributed by atoms with Gasteiger partial charge in [0, 0.05) is 6.54 Å². The quantitative estimate of drug-likeness (QED) is 0.656. The number of carboxylic acids is 1. The molecule has 4 N–H and O–H groups in total. The third kappa shape index (κ3) is 2.99. The van der Waals surface area contributed by atoms with Gasteiger partial charge in [0.05, 0.1) is 13.1 Å². The number of hydrogen-bond acceptors (Lipinski definition) is 6. The zero-order chi connectivity index (χ0) is 13.8. The van der Waals surface area contributed by atoms with Crippen LogP contribution in [0.3, 0.4) is 0 Å². The number of nitrogens with zero attached hydrogens (tertiary/aromatic N) is 3. The van der Waals surface area contributed by atoms with E-state index in [9.17, 15) is 9.59 Å². The molecule has 1 fully saturated rings. The van der Waals surface area contributed by atoms with Gasteiger partial charge in [0.25, 0.3) is 0 Å². The van der Waals surface area contributed by atoms with Crippen LogP contribution in [0.25, 0.3) is 0 Å². The standard InChI is InChI=1S/C10H15N5O4/c11-4-7-13-8(19-14-7)5-12-10(18)15-3-1-2-6(15)9(16)17/h6H,1-5,11H2,(H,12,18)(H,16,17)/t6-/m1/s1. The number of likely N-dealkylation sites (tertiary alicyclic amines) is 1. The Morgan fingerprint density at radius 3 is 3.00 bits per heavy atom. The van der Waals surface area contributed by atoms with Gasteiger partial charge in [0.15, 0.2) is 5.82 Å². The minimum absolute atomic E-state index is 0.0503. The fraction of sp³-hybridized carbons (Fsp3) is 0.600. The van der Waals surface area contributed by atoms with E-state index in [1.54, 1.807) is 0 Å². The summed E-state index contributed by atoms with van der Waals surface area (Å²) >= 11 is 0. The van der Waals surface area contributed by atoms with Crippen molar-refractivity contribution in [3.05, 3.63) is 11.7 Å². The molecule has 2 heterocycles. The van der Waals surface area contributed by atoms with Crippen molar-refractivity contribution in [1.29, 1.82) is 0 Å². The van der Waals surface area contributed by atoms with E-state index >= 15 is 0 Å². The highest BCUT2D eigenvalue weighted by atomic mass is 16.5. The van der Waals surface area contributed by atoms with Gasteiger partial charge in [-0.1, -0.05) is 5.16 Å². The number of amides is 2. The van der Waals surface area contributed by atoms with Crippen molar-refractivity contribution < 1.29 is 19.2 Å². The van der Waals surface area contributed by atoms with Crippen LogP contribution in [-0.4, -0.2) is 44.7 Å². The number of aliphatic carboxylic acids is 1. The Bertz CT molecular complexity index is 474. The second-order valence-corrected chi connectivity index (χ2v) is 4.16. The average Bonchev–Trinajstić information content (AvgIpc) is 3.04.